The molecule has 0 spiro atoms. The standard InChI is InChI=1S/C20H23N3O6S/c1-3-29-17-10-7-15(13-18(17)28-2)20(25)22-21-19(24)14-5-8-16(9-6-14)23-11-4-12-30(23,26)27/h5-10,13H,3-4,11-12H2,1-2H3,(H,21,24)(H,22,25). The van der Waals surface area contributed by atoms with Gasteiger partial charge in [0.1, 0.15) is 0 Å². The topological polar surface area (TPSA) is 114 Å². The van der Waals surface area contributed by atoms with Gasteiger partial charge in [-0.15, -0.1) is 0 Å². The van der Waals surface area contributed by atoms with Gasteiger partial charge in [0, 0.05) is 17.7 Å². The number of hydrogen-bond acceptors (Lipinski definition) is 6. The summed E-state index contributed by atoms with van der Waals surface area (Å²) in [6, 6.07) is 10.8. The number of carbonyl (C=O) groups is 2. The van der Waals surface area contributed by atoms with Gasteiger partial charge in [-0.2, -0.15) is 0 Å². The molecular formula is C20H23N3O6S. The van der Waals surface area contributed by atoms with Crippen molar-refractivity contribution in [2.75, 3.05) is 30.3 Å². The molecular weight excluding hydrogens is 410 g/mol. The van der Waals surface area contributed by atoms with Gasteiger partial charge in [0.15, 0.2) is 11.5 Å². The third-order valence-electron chi connectivity index (χ3n) is 4.53. The van der Waals surface area contributed by atoms with E-state index in [1.54, 1.807) is 24.3 Å². The second kappa shape index (κ2) is 9.04. The third-order valence-corrected chi connectivity index (χ3v) is 6.40. The number of anilines is 1. The van der Waals surface area contributed by atoms with E-state index in [-0.39, 0.29) is 16.9 Å². The van der Waals surface area contributed by atoms with Crippen LogP contribution in [0.5, 0.6) is 11.5 Å². The lowest BCUT2D eigenvalue weighted by molar-refractivity contribution is 0.0846. The first-order chi connectivity index (χ1) is 14.4. The van der Waals surface area contributed by atoms with Crippen LogP contribution in [0.2, 0.25) is 0 Å². The second-order valence-electron chi connectivity index (χ2n) is 6.50. The van der Waals surface area contributed by atoms with Crippen molar-refractivity contribution < 1.29 is 27.5 Å². The molecule has 9 nitrogen and oxygen atoms in total. The van der Waals surface area contributed by atoms with E-state index in [1.165, 1.54) is 29.6 Å². The zero-order valence-electron chi connectivity index (χ0n) is 16.7. The Morgan fingerprint density at radius 2 is 1.63 bits per heavy atom. The summed E-state index contributed by atoms with van der Waals surface area (Å²) in [6.07, 6.45) is 0.576. The summed E-state index contributed by atoms with van der Waals surface area (Å²) in [5.41, 5.74) is 5.75. The Morgan fingerprint density at radius 3 is 2.20 bits per heavy atom. The van der Waals surface area contributed by atoms with Gasteiger partial charge in [-0.25, -0.2) is 8.42 Å². The molecule has 3 rings (SSSR count). The highest BCUT2D eigenvalue weighted by atomic mass is 32.2. The molecule has 1 fully saturated rings. The second-order valence-corrected chi connectivity index (χ2v) is 8.51. The molecule has 2 amide bonds. The molecule has 160 valence electrons. The maximum atomic E-state index is 12.3. The maximum Gasteiger partial charge on any atom is 0.269 e. The Morgan fingerprint density at radius 1 is 1.00 bits per heavy atom. The van der Waals surface area contributed by atoms with Gasteiger partial charge in [0.05, 0.1) is 25.2 Å². The smallest absolute Gasteiger partial charge is 0.269 e. The Bertz CT molecular complexity index is 1040. The minimum Gasteiger partial charge on any atom is -0.493 e. The number of hydrazine groups is 1. The minimum atomic E-state index is -3.28. The van der Waals surface area contributed by atoms with E-state index in [0.717, 1.165) is 0 Å². The van der Waals surface area contributed by atoms with E-state index in [0.29, 0.717) is 36.8 Å². The van der Waals surface area contributed by atoms with Crippen LogP contribution in [-0.2, 0) is 10.0 Å². The van der Waals surface area contributed by atoms with Gasteiger partial charge in [-0.1, -0.05) is 0 Å². The van der Waals surface area contributed by atoms with Crippen molar-refractivity contribution in [3.05, 3.63) is 53.6 Å². The molecule has 1 saturated heterocycles. The van der Waals surface area contributed by atoms with Crippen LogP contribution in [0.3, 0.4) is 0 Å². The van der Waals surface area contributed by atoms with Crippen LogP contribution < -0.4 is 24.6 Å². The number of amides is 2. The molecule has 30 heavy (non-hydrogen) atoms. The Hall–Kier alpha value is -3.27. The molecule has 0 radical (unpaired) electrons. The first-order valence-corrected chi connectivity index (χ1v) is 11.0. The van der Waals surface area contributed by atoms with E-state index in [2.05, 4.69) is 10.9 Å². The fourth-order valence-corrected chi connectivity index (χ4v) is 4.61. The largest absolute Gasteiger partial charge is 0.493 e. The van der Waals surface area contributed by atoms with Crippen molar-refractivity contribution in [1.29, 1.82) is 0 Å². The summed E-state index contributed by atoms with van der Waals surface area (Å²) < 4.78 is 35.9. The minimum absolute atomic E-state index is 0.123. The third kappa shape index (κ3) is 4.65. The summed E-state index contributed by atoms with van der Waals surface area (Å²) in [7, 11) is -1.81. The number of ether oxygens (including phenoxy) is 2. The van der Waals surface area contributed by atoms with Crippen LogP contribution >= 0.6 is 0 Å². The predicted octanol–water partition coefficient (Wildman–Crippen LogP) is 1.71. The van der Waals surface area contributed by atoms with Gasteiger partial charge in [-0.05, 0) is 55.8 Å². The van der Waals surface area contributed by atoms with Crippen molar-refractivity contribution in [2.24, 2.45) is 0 Å². The van der Waals surface area contributed by atoms with Crippen LogP contribution in [-0.4, -0.2) is 46.2 Å². The molecule has 0 unspecified atom stereocenters. The van der Waals surface area contributed by atoms with Crippen molar-refractivity contribution in [1.82, 2.24) is 10.9 Å². The highest BCUT2D eigenvalue weighted by molar-refractivity contribution is 7.93. The number of hydrogen-bond donors (Lipinski definition) is 2. The summed E-state index contributed by atoms with van der Waals surface area (Å²) in [4.78, 5) is 24.6. The van der Waals surface area contributed by atoms with Crippen LogP contribution in [0.1, 0.15) is 34.1 Å². The number of sulfonamides is 1. The molecule has 2 aromatic rings. The monoisotopic (exact) mass is 433 g/mol. The first kappa shape index (κ1) is 21.4. The van der Waals surface area contributed by atoms with E-state index < -0.39 is 21.8 Å². The van der Waals surface area contributed by atoms with Crippen LogP contribution in [0.25, 0.3) is 0 Å². The number of nitrogens with one attached hydrogen (secondary N) is 2. The molecule has 0 atom stereocenters. The highest BCUT2D eigenvalue weighted by Crippen LogP contribution is 2.28. The number of methoxy groups -OCH3 is 1. The normalized spacial score (nSPS) is 14.8. The summed E-state index contributed by atoms with van der Waals surface area (Å²) >= 11 is 0. The number of benzene rings is 2. The molecule has 0 aromatic heterocycles. The Balaban J connectivity index is 1.62. The van der Waals surface area contributed by atoms with Crippen molar-refractivity contribution in [3.63, 3.8) is 0 Å². The average Bonchev–Trinajstić information content (AvgIpc) is 3.11. The lowest BCUT2D eigenvalue weighted by Crippen LogP contribution is -2.41. The Labute approximate surface area is 175 Å². The first-order valence-electron chi connectivity index (χ1n) is 9.37. The van der Waals surface area contributed by atoms with Crippen molar-refractivity contribution in [3.8, 4) is 11.5 Å². The van der Waals surface area contributed by atoms with Crippen LogP contribution in [0, 0.1) is 0 Å². The van der Waals surface area contributed by atoms with Gasteiger partial charge < -0.3 is 9.47 Å². The summed E-state index contributed by atoms with van der Waals surface area (Å²) in [6.45, 7) is 2.72. The van der Waals surface area contributed by atoms with Gasteiger partial charge in [-0.3, -0.25) is 24.7 Å². The zero-order valence-corrected chi connectivity index (χ0v) is 17.5. The van der Waals surface area contributed by atoms with E-state index in [4.69, 9.17) is 9.47 Å². The van der Waals surface area contributed by atoms with Crippen molar-refractivity contribution in [2.45, 2.75) is 13.3 Å². The Kier molecular flexibility index (Phi) is 6.46. The fraction of sp³-hybridized carbons (Fsp3) is 0.300. The molecule has 1 aliphatic rings. The molecule has 0 bridgehead atoms. The zero-order chi connectivity index (χ0) is 21.7. The average molecular weight is 433 g/mol. The molecule has 1 aliphatic heterocycles. The molecule has 1 heterocycles. The maximum absolute atomic E-state index is 12.3. The quantitative estimate of drug-likeness (QED) is 0.671. The molecule has 2 aromatic carbocycles. The molecule has 2 N–H and O–H groups in total. The number of carbonyl (C=O) groups excluding carboxylic acids is 2. The van der Waals surface area contributed by atoms with E-state index in [9.17, 15) is 18.0 Å². The highest BCUT2D eigenvalue weighted by Gasteiger charge is 2.28. The molecule has 10 heteroatoms. The van der Waals surface area contributed by atoms with Crippen LogP contribution in [0.4, 0.5) is 5.69 Å². The lowest BCUT2D eigenvalue weighted by atomic mass is 10.2. The van der Waals surface area contributed by atoms with E-state index >= 15 is 0 Å². The van der Waals surface area contributed by atoms with Gasteiger partial charge in [0.2, 0.25) is 10.0 Å². The molecule has 0 aliphatic carbocycles. The lowest BCUT2D eigenvalue weighted by Gasteiger charge is -2.17. The molecule has 0 saturated carbocycles. The van der Waals surface area contributed by atoms with E-state index in [1.807, 2.05) is 6.92 Å². The predicted molar refractivity (Wildman–Crippen MR) is 111 cm³/mol. The summed E-state index contributed by atoms with van der Waals surface area (Å²) in [5.74, 6) is -0.0111. The summed E-state index contributed by atoms with van der Waals surface area (Å²) in [5, 5.41) is 0. The fourth-order valence-electron chi connectivity index (χ4n) is 3.05. The number of nitrogens with zero attached hydrogens (tertiary/aromatic N) is 1. The van der Waals surface area contributed by atoms with Crippen LogP contribution in [0.15, 0.2) is 42.5 Å². The van der Waals surface area contributed by atoms with Crippen molar-refractivity contribution >= 4 is 27.5 Å². The van der Waals surface area contributed by atoms with Gasteiger partial charge in [0.25, 0.3) is 11.8 Å². The van der Waals surface area contributed by atoms with Gasteiger partial charge >= 0.3 is 0 Å². The number of rotatable bonds is 6. The SMILES string of the molecule is CCOc1ccc(C(=O)NNC(=O)c2ccc(N3CCCS3(=O)=O)cc2)cc1OC.